The molecule has 0 fully saturated rings. The number of primary amides is 1. The molecule has 2 heterocycles. The van der Waals surface area contributed by atoms with Crippen LogP contribution in [-0.2, 0) is 38.7 Å². The second-order valence-electron chi connectivity index (χ2n) is 12.0. The molecule has 222 valence electrons. The first-order valence-corrected chi connectivity index (χ1v) is 14.8. The van der Waals surface area contributed by atoms with E-state index in [1.165, 1.54) is 0 Å². The number of ketones is 1. The van der Waals surface area contributed by atoms with Crippen molar-refractivity contribution in [3.05, 3.63) is 53.3 Å². The topological polar surface area (TPSA) is 133 Å². The molecule has 4 rings (SSSR count). The number of benzene rings is 1. The minimum absolute atomic E-state index is 0.0429. The SMILES string of the molecule is CCCC(C(N)=O)C(CC(C)C)C(=O)NC1CCc2ccn3c2C1C(=O)CC(C(=O)NCc1ccc(OC)cc1)C3. The van der Waals surface area contributed by atoms with Gasteiger partial charge in [0.25, 0.3) is 0 Å². The highest BCUT2D eigenvalue weighted by Crippen LogP contribution is 2.38. The third-order valence-corrected chi connectivity index (χ3v) is 8.56. The van der Waals surface area contributed by atoms with Crippen LogP contribution in [0.25, 0.3) is 0 Å². The highest BCUT2D eigenvalue weighted by molar-refractivity contribution is 5.93. The number of rotatable bonds is 12. The first-order valence-electron chi connectivity index (χ1n) is 14.8. The van der Waals surface area contributed by atoms with Gasteiger partial charge in [0.2, 0.25) is 17.7 Å². The summed E-state index contributed by atoms with van der Waals surface area (Å²) in [6.07, 6.45) is 5.25. The standard InChI is InChI=1S/C32H44N4O5/c1-5-6-24(30(33)38)25(15-19(2)3)32(40)35-26-12-9-21-13-14-36-18-22(16-27(37)28(26)29(21)36)31(39)34-17-20-7-10-23(41-4)11-8-20/h7-8,10-11,13-14,19,22,24-26,28H,5-6,9,12,15-18H2,1-4H3,(H2,33,38)(H,34,39)(H,35,40). The Morgan fingerprint density at radius 2 is 1.85 bits per heavy atom. The van der Waals surface area contributed by atoms with Crippen molar-refractivity contribution in [3.63, 3.8) is 0 Å². The summed E-state index contributed by atoms with van der Waals surface area (Å²) in [6, 6.07) is 9.11. The number of methoxy groups -OCH3 is 1. The van der Waals surface area contributed by atoms with E-state index in [2.05, 4.69) is 10.6 Å². The van der Waals surface area contributed by atoms with Crippen LogP contribution in [0.1, 0.15) is 75.6 Å². The highest BCUT2D eigenvalue weighted by Gasteiger charge is 2.43. The minimum atomic E-state index is -0.547. The molecule has 2 aliphatic rings. The van der Waals surface area contributed by atoms with Crippen molar-refractivity contribution in [2.75, 3.05) is 7.11 Å². The fourth-order valence-electron chi connectivity index (χ4n) is 6.51. The molecular formula is C32H44N4O5. The number of aryl methyl sites for hydroxylation is 1. The largest absolute Gasteiger partial charge is 0.497 e. The monoisotopic (exact) mass is 564 g/mol. The minimum Gasteiger partial charge on any atom is -0.497 e. The molecule has 9 nitrogen and oxygen atoms in total. The normalized spacial score (nSPS) is 21.4. The number of ether oxygens (including phenoxy) is 1. The molecule has 1 aliphatic heterocycles. The molecule has 0 saturated heterocycles. The van der Waals surface area contributed by atoms with Crippen molar-refractivity contribution in [2.24, 2.45) is 29.4 Å². The van der Waals surface area contributed by atoms with Gasteiger partial charge >= 0.3 is 0 Å². The Labute approximate surface area is 242 Å². The fourth-order valence-corrected chi connectivity index (χ4v) is 6.51. The molecule has 1 aromatic heterocycles. The van der Waals surface area contributed by atoms with E-state index in [0.717, 1.165) is 35.4 Å². The first-order chi connectivity index (χ1) is 19.6. The van der Waals surface area contributed by atoms with Crippen LogP contribution in [0.2, 0.25) is 0 Å². The number of nitrogens with zero attached hydrogens (tertiary/aromatic N) is 1. The van der Waals surface area contributed by atoms with Crippen molar-refractivity contribution in [1.82, 2.24) is 15.2 Å². The number of Topliss-reactive ketones (excluding diaryl/α,β-unsaturated/α-hetero) is 1. The van der Waals surface area contributed by atoms with Gasteiger partial charge in [0.15, 0.2) is 0 Å². The predicted molar refractivity (Wildman–Crippen MR) is 156 cm³/mol. The van der Waals surface area contributed by atoms with Crippen LogP contribution in [0.4, 0.5) is 0 Å². The lowest BCUT2D eigenvalue weighted by Gasteiger charge is -2.34. The number of hydrogen-bond donors (Lipinski definition) is 3. The van der Waals surface area contributed by atoms with E-state index in [-0.39, 0.29) is 29.9 Å². The zero-order valence-electron chi connectivity index (χ0n) is 24.7. The summed E-state index contributed by atoms with van der Waals surface area (Å²) >= 11 is 0. The van der Waals surface area contributed by atoms with Gasteiger partial charge in [-0.05, 0) is 60.9 Å². The molecule has 0 bridgehead atoms. The van der Waals surface area contributed by atoms with Crippen LogP contribution in [0.5, 0.6) is 5.75 Å². The smallest absolute Gasteiger partial charge is 0.225 e. The lowest BCUT2D eigenvalue weighted by Crippen LogP contribution is -2.49. The third kappa shape index (κ3) is 7.00. The van der Waals surface area contributed by atoms with E-state index < -0.39 is 35.6 Å². The van der Waals surface area contributed by atoms with Gasteiger partial charge in [-0.3, -0.25) is 19.2 Å². The summed E-state index contributed by atoms with van der Waals surface area (Å²) in [7, 11) is 1.61. The van der Waals surface area contributed by atoms with Crippen LogP contribution in [0.3, 0.4) is 0 Å². The molecule has 9 heteroatoms. The van der Waals surface area contributed by atoms with Crippen LogP contribution in [-0.4, -0.2) is 41.2 Å². The summed E-state index contributed by atoms with van der Waals surface area (Å²) in [5, 5.41) is 6.17. The van der Waals surface area contributed by atoms with Crippen LogP contribution in [0, 0.1) is 23.7 Å². The molecule has 0 saturated carbocycles. The van der Waals surface area contributed by atoms with Gasteiger partial charge in [-0.25, -0.2) is 0 Å². The maximum absolute atomic E-state index is 13.8. The quantitative estimate of drug-likeness (QED) is 0.363. The second-order valence-corrected chi connectivity index (χ2v) is 12.0. The Bertz CT molecular complexity index is 1250. The Morgan fingerprint density at radius 3 is 2.49 bits per heavy atom. The van der Waals surface area contributed by atoms with E-state index in [1.807, 2.05) is 61.9 Å². The van der Waals surface area contributed by atoms with E-state index in [0.29, 0.717) is 32.4 Å². The van der Waals surface area contributed by atoms with Gasteiger partial charge in [0, 0.05) is 49.3 Å². The van der Waals surface area contributed by atoms with Gasteiger partial charge in [-0.1, -0.05) is 39.3 Å². The van der Waals surface area contributed by atoms with Gasteiger partial charge in [0.05, 0.1) is 18.9 Å². The lowest BCUT2D eigenvalue weighted by atomic mass is 9.78. The van der Waals surface area contributed by atoms with Crippen molar-refractivity contribution in [2.45, 2.75) is 84.3 Å². The molecule has 41 heavy (non-hydrogen) atoms. The van der Waals surface area contributed by atoms with Crippen LogP contribution in [0.15, 0.2) is 36.5 Å². The molecule has 0 spiro atoms. The van der Waals surface area contributed by atoms with Crippen LogP contribution < -0.4 is 21.1 Å². The summed E-state index contributed by atoms with van der Waals surface area (Å²) < 4.78 is 7.22. The third-order valence-electron chi connectivity index (χ3n) is 8.56. The van der Waals surface area contributed by atoms with Gasteiger partial charge in [-0.2, -0.15) is 0 Å². The molecule has 4 N–H and O–H groups in total. The molecule has 0 radical (unpaired) electrons. The van der Waals surface area contributed by atoms with Crippen molar-refractivity contribution >= 4 is 23.5 Å². The first kappa shape index (κ1) is 30.3. The average molecular weight is 565 g/mol. The molecule has 5 atom stereocenters. The highest BCUT2D eigenvalue weighted by atomic mass is 16.5. The number of amides is 3. The average Bonchev–Trinajstić information content (AvgIpc) is 3.28. The van der Waals surface area contributed by atoms with Crippen molar-refractivity contribution in [1.29, 1.82) is 0 Å². The molecule has 2 aromatic rings. The van der Waals surface area contributed by atoms with Crippen molar-refractivity contribution in [3.8, 4) is 5.75 Å². The molecule has 1 aliphatic carbocycles. The van der Waals surface area contributed by atoms with Crippen molar-refractivity contribution < 1.29 is 23.9 Å². The zero-order valence-corrected chi connectivity index (χ0v) is 24.7. The molecule has 3 amide bonds. The fraction of sp³-hybridized carbons (Fsp3) is 0.562. The second kappa shape index (κ2) is 13.4. The van der Waals surface area contributed by atoms with E-state index in [1.54, 1.807) is 7.11 Å². The Hall–Kier alpha value is -3.62. The number of hydrogen-bond acceptors (Lipinski definition) is 5. The molecule has 5 unspecified atom stereocenters. The Kier molecular flexibility index (Phi) is 9.89. The van der Waals surface area contributed by atoms with Gasteiger partial charge < -0.3 is 25.7 Å². The summed E-state index contributed by atoms with van der Waals surface area (Å²) in [4.78, 5) is 53.1. The zero-order chi connectivity index (χ0) is 29.7. The predicted octanol–water partition coefficient (Wildman–Crippen LogP) is 3.48. The summed E-state index contributed by atoms with van der Waals surface area (Å²) in [5.41, 5.74) is 8.67. The number of nitrogens with one attached hydrogen (secondary N) is 2. The summed E-state index contributed by atoms with van der Waals surface area (Å²) in [5.74, 6) is -2.07. The van der Waals surface area contributed by atoms with Crippen LogP contribution >= 0.6 is 0 Å². The maximum Gasteiger partial charge on any atom is 0.225 e. The lowest BCUT2D eigenvalue weighted by molar-refractivity contribution is -0.135. The molecular weight excluding hydrogens is 520 g/mol. The van der Waals surface area contributed by atoms with Gasteiger partial charge in [-0.15, -0.1) is 0 Å². The van der Waals surface area contributed by atoms with E-state index in [4.69, 9.17) is 10.5 Å². The van der Waals surface area contributed by atoms with E-state index >= 15 is 0 Å². The number of nitrogens with two attached hydrogens (primary N) is 1. The van der Waals surface area contributed by atoms with E-state index in [9.17, 15) is 19.2 Å². The summed E-state index contributed by atoms with van der Waals surface area (Å²) in [6.45, 7) is 6.79. The van der Waals surface area contributed by atoms with Gasteiger partial charge in [0.1, 0.15) is 11.5 Å². The maximum atomic E-state index is 13.8. The number of carbonyl (C=O) groups excluding carboxylic acids is 4. The Balaban J connectivity index is 1.50. The Morgan fingerprint density at radius 1 is 1.12 bits per heavy atom. The number of aromatic nitrogens is 1. The molecule has 1 aromatic carbocycles. The number of carbonyl (C=O) groups is 4.